The highest BCUT2D eigenvalue weighted by Gasteiger charge is 2.19. The second-order valence-electron chi connectivity index (χ2n) is 7.59. The van der Waals surface area contributed by atoms with Crippen molar-refractivity contribution < 1.29 is 13.9 Å². The molecule has 0 spiro atoms. The summed E-state index contributed by atoms with van der Waals surface area (Å²) >= 11 is 0. The molecule has 1 fully saturated rings. The van der Waals surface area contributed by atoms with Crippen molar-refractivity contribution in [1.82, 2.24) is 10.2 Å². The predicted octanol–water partition coefficient (Wildman–Crippen LogP) is 4.30. The van der Waals surface area contributed by atoms with Gasteiger partial charge in [-0.3, -0.25) is 0 Å². The van der Waals surface area contributed by atoms with Crippen LogP contribution in [0.5, 0.6) is 5.75 Å². The maximum absolute atomic E-state index is 13.1. The van der Waals surface area contributed by atoms with Crippen LogP contribution in [0.25, 0.3) is 0 Å². The number of likely N-dealkylation sites (tertiary alicyclic amines) is 1. The molecule has 2 N–H and O–H groups in total. The molecule has 5 nitrogen and oxygen atoms in total. The number of benzene rings is 2. The molecule has 3 rings (SSSR count). The van der Waals surface area contributed by atoms with E-state index in [2.05, 4.69) is 33.7 Å². The monoisotopic (exact) mass is 399 g/mol. The second-order valence-corrected chi connectivity index (χ2v) is 7.59. The van der Waals surface area contributed by atoms with Crippen molar-refractivity contribution in [1.29, 1.82) is 0 Å². The Balaban J connectivity index is 1.29. The van der Waals surface area contributed by atoms with Crippen LogP contribution in [-0.2, 0) is 6.42 Å². The standard InChI is InChI=1S/C23H30FN3O2/c1-29-22-8-2-5-19(16-22)15-18-9-13-27(14-10-18)12-4-11-25-23(28)26-21-7-3-6-20(24)17-21/h2-3,5-8,16-18H,4,9-15H2,1H3,(H2,25,26,28). The summed E-state index contributed by atoms with van der Waals surface area (Å²) in [4.78, 5) is 14.3. The number of carbonyl (C=O) groups is 1. The number of amides is 2. The largest absolute Gasteiger partial charge is 0.497 e. The van der Waals surface area contributed by atoms with Crippen LogP contribution in [0.2, 0.25) is 0 Å². The molecule has 0 atom stereocenters. The highest BCUT2D eigenvalue weighted by Crippen LogP contribution is 2.23. The van der Waals surface area contributed by atoms with Crippen molar-refractivity contribution in [2.24, 2.45) is 5.92 Å². The van der Waals surface area contributed by atoms with E-state index in [1.54, 1.807) is 19.2 Å². The zero-order valence-corrected chi connectivity index (χ0v) is 17.0. The first-order valence-corrected chi connectivity index (χ1v) is 10.3. The van der Waals surface area contributed by atoms with Gasteiger partial charge in [-0.1, -0.05) is 18.2 Å². The quantitative estimate of drug-likeness (QED) is 0.651. The Hall–Kier alpha value is -2.60. The maximum atomic E-state index is 13.1. The lowest BCUT2D eigenvalue weighted by molar-refractivity contribution is 0.182. The van der Waals surface area contributed by atoms with Crippen molar-refractivity contribution in [3.63, 3.8) is 0 Å². The van der Waals surface area contributed by atoms with Crippen LogP contribution in [0, 0.1) is 11.7 Å². The van der Waals surface area contributed by atoms with Crippen LogP contribution >= 0.6 is 0 Å². The third-order valence-electron chi connectivity index (χ3n) is 5.38. The Morgan fingerprint density at radius 1 is 1.17 bits per heavy atom. The third kappa shape index (κ3) is 7.06. The van der Waals surface area contributed by atoms with E-state index in [1.165, 1.54) is 30.5 Å². The lowest BCUT2D eigenvalue weighted by Crippen LogP contribution is -2.37. The molecule has 1 aliphatic heterocycles. The Labute approximate surface area is 172 Å². The van der Waals surface area contributed by atoms with Gasteiger partial charge < -0.3 is 20.3 Å². The van der Waals surface area contributed by atoms with Crippen molar-refractivity contribution in [3.05, 3.63) is 59.9 Å². The molecule has 2 aromatic carbocycles. The lowest BCUT2D eigenvalue weighted by atomic mass is 9.90. The molecule has 0 unspecified atom stereocenters. The Kier molecular flexibility index (Phi) is 7.87. The number of carbonyl (C=O) groups excluding carboxylic acids is 1. The molecule has 1 heterocycles. The topological polar surface area (TPSA) is 53.6 Å². The molecule has 0 radical (unpaired) electrons. The summed E-state index contributed by atoms with van der Waals surface area (Å²) < 4.78 is 18.4. The van der Waals surface area contributed by atoms with Crippen molar-refractivity contribution in [3.8, 4) is 5.75 Å². The maximum Gasteiger partial charge on any atom is 0.319 e. The number of nitrogens with one attached hydrogen (secondary N) is 2. The highest BCUT2D eigenvalue weighted by atomic mass is 19.1. The summed E-state index contributed by atoms with van der Waals surface area (Å²) in [7, 11) is 1.71. The van der Waals surface area contributed by atoms with Gasteiger partial charge in [-0.15, -0.1) is 0 Å². The molecule has 0 saturated carbocycles. The van der Waals surface area contributed by atoms with Crippen LogP contribution in [0.1, 0.15) is 24.8 Å². The summed E-state index contributed by atoms with van der Waals surface area (Å²) in [6.45, 7) is 3.78. The van der Waals surface area contributed by atoms with Gasteiger partial charge in [-0.2, -0.15) is 0 Å². The van der Waals surface area contributed by atoms with Gasteiger partial charge in [0.25, 0.3) is 0 Å². The van der Waals surface area contributed by atoms with Crippen molar-refractivity contribution >= 4 is 11.7 Å². The summed E-state index contributed by atoms with van der Waals surface area (Å²) in [6, 6.07) is 13.9. The molecule has 0 bridgehead atoms. The van der Waals surface area contributed by atoms with Crippen molar-refractivity contribution in [2.45, 2.75) is 25.7 Å². The zero-order valence-electron chi connectivity index (χ0n) is 17.0. The number of piperidine rings is 1. The third-order valence-corrected chi connectivity index (χ3v) is 5.38. The minimum absolute atomic E-state index is 0.299. The van der Waals surface area contributed by atoms with Gasteiger partial charge in [-0.05, 0) is 87.1 Å². The van der Waals surface area contributed by atoms with Crippen molar-refractivity contribution in [2.75, 3.05) is 38.6 Å². The smallest absolute Gasteiger partial charge is 0.319 e. The Bertz CT molecular complexity index is 791. The van der Waals surface area contributed by atoms with E-state index in [1.807, 2.05) is 6.07 Å². The van der Waals surface area contributed by atoms with Crippen LogP contribution < -0.4 is 15.4 Å². The first kappa shape index (κ1) is 21.1. The number of ether oxygens (including phenoxy) is 1. The van der Waals surface area contributed by atoms with E-state index in [9.17, 15) is 9.18 Å². The number of urea groups is 1. The molecule has 1 aliphatic rings. The predicted molar refractivity (Wildman–Crippen MR) is 114 cm³/mol. The number of halogens is 1. The van der Waals surface area contributed by atoms with Gasteiger partial charge in [-0.25, -0.2) is 9.18 Å². The number of hydrogen-bond acceptors (Lipinski definition) is 3. The fraction of sp³-hybridized carbons (Fsp3) is 0.435. The Morgan fingerprint density at radius 3 is 2.72 bits per heavy atom. The van der Waals surface area contributed by atoms with Gasteiger partial charge in [0.05, 0.1) is 7.11 Å². The normalized spacial score (nSPS) is 15.1. The summed E-state index contributed by atoms with van der Waals surface area (Å²) in [5, 5.41) is 5.48. The van der Waals surface area contributed by atoms with Crippen LogP contribution in [-0.4, -0.2) is 44.2 Å². The lowest BCUT2D eigenvalue weighted by Gasteiger charge is -2.32. The molecule has 156 valence electrons. The van der Waals surface area contributed by atoms with E-state index in [-0.39, 0.29) is 11.8 Å². The van der Waals surface area contributed by atoms with Gasteiger partial charge in [0.2, 0.25) is 0 Å². The fourth-order valence-corrected chi connectivity index (χ4v) is 3.79. The minimum Gasteiger partial charge on any atom is -0.497 e. The first-order chi connectivity index (χ1) is 14.1. The molecule has 1 saturated heterocycles. The number of hydrogen-bond donors (Lipinski definition) is 2. The molecule has 0 aliphatic carbocycles. The van der Waals surface area contributed by atoms with Gasteiger partial charge in [0.15, 0.2) is 0 Å². The van der Waals surface area contributed by atoms with E-state index >= 15 is 0 Å². The number of methoxy groups -OCH3 is 1. The van der Waals surface area contributed by atoms with E-state index in [0.717, 1.165) is 38.2 Å². The van der Waals surface area contributed by atoms with Crippen LogP contribution in [0.15, 0.2) is 48.5 Å². The van der Waals surface area contributed by atoms with E-state index in [4.69, 9.17) is 4.74 Å². The molecule has 0 aromatic heterocycles. The summed E-state index contributed by atoms with van der Waals surface area (Å²) in [5.74, 6) is 1.28. The number of anilines is 1. The fourth-order valence-electron chi connectivity index (χ4n) is 3.79. The van der Waals surface area contributed by atoms with Gasteiger partial charge >= 0.3 is 6.03 Å². The zero-order chi connectivity index (χ0) is 20.5. The molecule has 29 heavy (non-hydrogen) atoms. The van der Waals surface area contributed by atoms with Gasteiger partial charge in [0, 0.05) is 12.2 Å². The van der Waals surface area contributed by atoms with E-state index < -0.39 is 0 Å². The molecular weight excluding hydrogens is 369 g/mol. The SMILES string of the molecule is COc1cccc(CC2CCN(CCCNC(=O)Nc3cccc(F)c3)CC2)c1. The average Bonchev–Trinajstić information content (AvgIpc) is 2.72. The summed E-state index contributed by atoms with van der Waals surface area (Å²) in [5.41, 5.74) is 1.80. The first-order valence-electron chi connectivity index (χ1n) is 10.3. The van der Waals surface area contributed by atoms with Gasteiger partial charge in [0.1, 0.15) is 11.6 Å². The molecule has 2 aromatic rings. The van der Waals surface area contributed by atoms with Crippen LogP contribution in [0.3, 0.4) is 0 Å². The average molecular weight is 400 g/mol. The number of rotatable bonds is 8. The van der Waals surface area contributed by atoms with E-state index in [0.29, 0.717) is 18.2 Å². The highest BCUT2D eigenvalue weighted by molar-refractivity contribution is 5.89. The molecule has 6 heteroatoms. The molecule has 2 amide bonds. The Morgan fingerprint density at radius 2 is 1.97 bits per heavy atom. The second kappa shape index (κ2) is 10.8. The number of nitrogens with zero attached hydrogens (tertiary/aromatic N) is 1. The molecular formula is C23H30FN3O2. The summed E-state index contributed by atoms with van der Waals surface area (Å²) in [6.07, 6.45) is 4.40. The van der Waals surface area contributed by atoms with Crippen LogP contribution in [0.4, 0.5) is 14.9 Å². The minimum atomic E-state index is -0.363.